The Hall–Kier alpha value is -2.41. The van der Waals surface area contributed by atoms with Crippen LogP contribution in [0.1, 0.15) is 13.8 Å². The number of nitrogens with one attached hydrogen (secondary N) is 2. The Morgan fingerprint density at radius 2 is 2.09 bits per heavy atom. The maximum absolute atomic E-state index is 11.9. The van der Waals surface area contributed by atoms with Crippen LogP contribution in [-0.4, -0.2) is 24.7 Å². The Labute approximate surface area is 130 Å². The van der Waals surface area contributed by atoms with E-state index in [1.807, 2.05) is 10.8 Å². The number of H-pyrrole nitrogens is 2. The number of nitrogens with zero attached hydrogens (tertiary/aromatic N) is 3. The summed E-state index contributed by atoms with van der Waals surface area (Å²) in [4.78, 5) is 27.6. The SMILES string of the molecule is CC(C)Cn1cc(Cl)c2nnc(-c3c[nH]c(=O)[nH]c3=O)cc21. The lowest BCUT2D eigenvalue weighted by atomic mass is 10.2. The van der Waals surface area contributed by atoms with E-state index in [2.05, 4.69) is 34.0 Å². The summed E-state index contributed by atoms with van der Waals surface area (Å²) in [6.45, 7) is 4.97. The van der Waals surface area contributed by atoms with Crippen LogP contribution in [0.4, 0.5) is 0 Å². The molecule has 8 heteroatoms. The average molecular weight is 320 g/mol. The number of halogens is 1. The molecule has 2 N–H and O–H groups in total. The largest absolute Gasteiger partial charge is 0.344 e. The second kappa shape index (κ2) is 5.42. The average Bonchev–Trinajstić information content (AvgIpc) is 2.74. The van der Waals surface area contributed by atoms with E-state index in [9.17, 15) is 9.59 Å². The van der Waals surface area contributed by atoms with E-state index in [1.54, 1.807) is 6.07 Å². The molecule has 3 aromatic heterocycles. The van der Waals surface area contributed by atoms with Gasteiger partial charge in [0.2, 0.25) is 0 Å². The van der Waals surface area contributed by atoms with E-state index in [0.717, 1.165) is 12.1 Å². The van der Waals surface area contributed by atoms with Crippen molar-refractivity contribution in [3.8, 4) is 11.3 Å². The molecule has 0 aliphatic heterocycles. The number of fused-ring (bicyclic) bond motifs is 1. The summed E-state index contributed by atoms with van der Waals surface area (Å²) in [5.41, 5.74) is 0.952. The minimum Gasteiger partial charge on any atom is -0.344 e. The first-order chi connectivity index (χ1) is 10.5. The Bertz CT molecular complexity index is 954. The van der Waals surface area contributed by atoms with Crippen LogP contribution < -0.4 is 11.2 Å². The fourth-order valence-corrected chi connectivity index (χ4v) is 2.57. The summed E-state index contributed by atoms with van der Waals surface area (Å²) in [7, 11) is 0. The van der Waals surface area contributed by atoms with E-state index in [-0.39, 0.29) is 5.56 Å². The summed E-state index contributed by atoms with van der Waals surface area (Å²) in [6, 6.07) is 1.75. The second-order valence-corrected chi connectivity index (χ2v) is 5.88. The van der Waals surface area contributed by atoms with Gasteiger partial charge in [-0.1, -0.05) is 25.4 Å². The van der Waals surface area contributed by atoms with Crippen LogP contribution in [0.15, 0.2) is 28.0 Å². The van der Waals surface area contributed by atoms with Crippen LogP contribution in [0, 0.1) is 5.92 Å². The highest BCUT2D eigenvalue weighted by molar-refractivity contribution is 6.35. The first kappa shape index (κ1) is 14.5. The second-order valence-electron chi connectivity index (χ2n) is 5.47. The van der Waals surface area contributed by atoms with Crippen molar-refractivity contribution in [1.29, 1.82) is 0 Å². The monoisotopic (exact) mass is 319 g/mol. The Morgan fingerprint density at radius 1 is 1.32 bits per heavy atom. The molecule has 3 heterocycles. The molecule has 0 aliphatic rings. The van der Waals surface area contributed by atoms with Crippen molar-refractivity contribution >= 4 is 22.6 Å². The van der Waals surface area contributed by atoms with Gasteiger partial charge in [0.05, 0.1) is 16.1 Å². The van der Waals surface area contributed by atoms with Gasteiger partial charge in [0.15, 0.2) is 0 Å². The highest BCUT2D eigenvalue weighted by Crippen LogP contribution is 2.26. The van der Waals surface area contributed by atoms with Crippen LogP contribution in [0.5, 0.6) is 0 Å². The summed E-state index contributed by atoms with van der Waals surface area (Å²) in [5.74, 6) is 0.430. The standard InChI is InChI=1S/C14H14ClN5O2/c1-7(2)5-20-6-9(15)12-11(20)3-10(18-19-12)8-4-16-14(22)17-13(8)21/h3-4,6-7H,5H2,1-2H3,(H2,16,17,21,22). The van der Waals surface area contributed by atoms with Crippen molar-refractivity contribution in [2.75, 3.05) is 0 Å². The van der Waals surface area contributed by atoms with Gasteiger partial charge in [-0.2, -0.15) is 0 Å². The molecular weight excluding hydrogens is 306 g/mol. The number of aromatic nitrogens is 5. The van der Waals surface area contributed by atoms with Gasteiger partial charge < -0.3 is 9.55 Å². The van der Waals surface area contributed by atoms with Crippen molar-refractivity contribution in [1.82, 2.24) is 24.7 Å². The first-order valence-electron chi connectivity index (χ1n) is 6.80. The Balaban J connectivity index is 2.20. The highest BCUT2D eigenvalue weighted by atomic mass is 35.5. The van der Waals surface area contributed by atoms with Gasteiger partial charge in [0.1, 0.15) is 11.2 Å². The maximum Gasteiger partial charge on any atom is 0.325 e. The molecular formula is C14H14ClN5O2. The topological polar surface area (TPSA) is 96.4 Å². The maximum atomic E-state index is 11.9. The lowest BCUT2D eigenvalue weighted by Crippen LogP contribution is -2.22. The third-order valence-corrected chi connectivity index (χ3v) is 3.51. The normalized spacial score (nSPS) is 11.5. The molecule has 0 atom stereocenters. The fourth-order valence-electron chi connectivity index (χ4n) is 2.31. The Morgan fingerprint density at radius 3 is 2.77 bits per heavy atom. The quantitative estimate of drug-likeness (QED) is 0.769. The van der Waals surface area contributed by atoms with E-state index < -0.39 is 11.2 Å². The summed E-state index contributed by atoms with van der Waals surface area (Å²) in [6.07, 6.45) is 3.14. The minimum atomic E-state index is -0.561. The van der Waals surface area contributed by atoms with Crippen molar-refractivity contribution in [3.63, 3.8) is 0 Å². The molecule has 3 aromatic rings. The molecule has 114 valence electrons. The summed E-state index contributed by atoms with van der Waals surface area (Å²) >= 11 is 6.17. The molecule has 7 nitrogen and oxygen atoms in total. The third-order valence-electron chi connectivity index (χ3n) is 3.24. The van der Waals surface area contributed by atoms with Crippen molar-refractivity contribution in [2.24, 2.45) is 5.92 Å². The number of aromatic amines is 2. The predicted molar refractivity (Wildman–Crippen MR) is 84.1 cm³/mol. The summed E-state index contributed by atoms with van der Waals surface area (Å²) < 4.78 is 1.99. The molecule has 0 aromatic carbocycles. The number of rotatable bonds is 3. The Kier molecular flexibility index (Phi) is 3.58. The fraction of sp³-hybridized carbons (Fsp3) is 0.286. The minimum absolute atomic E-state index is 0.252. The molecule has 3 rings (SSSR count). The molecule has 0 saturated carbocycles. The smallest absolute Gasteiger partial charge is 0.325 e. The van der Waals surface area contributed by atoms with Crippen LogP contribution in [-0.2, 0) is 6.54 Å². The van der Waals surface area contributed by atoms with Crippen LogP contribution >= 0.6 is 11.6 Å². The molecule has 0 saturated heterocycles. The van der Waals surface area contributed by atoms with Gasteiger partial charge in [-0.3, -0.25) is 9.78 Å². The van der Waals surface area contributed by atoms with Gasteiger partial charge in [-0.05, 0) is 12.0 Å². The number of hydrogen-bond acceptors (Lipinski definition) is 4. The molecule has 0 amide bonds. The predicted octanol–water partition coefficient (Wildman–Crippen LogP) is 1.78. The van der Waals surface area contributed by atoms with Gasteiger partial charge in [0, 0.05) is 18.9 Å². The van der Waals surface area contributed by atoms with Gasteiger partial charge in [0.25, 0.3) is 5.56 Å². The van der Waals surface area contributed by atoms with Gasteiger partial charge >= 0.3 is 5.69 Å². The molecule has 0 radical (unpaired) electrons. The number of hydrogen-bond donors (Lipinski definition) is 2. The molecule has 0 fully saturated rings. The molecule has 22 heavy (non-hydrogen) atoms. The van der Waals surface area contributed by atoms with E-state index in [4.69, 9.17) is 11.6 Å². The van der Waals surface area contributed by atoms with Crippen LogP contribution in [0.3, 0.4) is 0 Å². The molecule has 0 aliphatic carbocycles. The zero-order valence-electron chi connectivity index (χ0n) is 12.1. The van der Waals surface area contributed by atoms with Gasteiger partial charge in [-0.25, -0.2) is 4.79 Å². The highest BCUT2D eigenvalue weighted by Gasteiger charge is 2.13. The first-order valence-corrected chi connectivity index (χ1v) is 7.18. The molecule has 0 spiro atoms. The zero-order valence-corrected chi connectivity index (χ0v) is 12.8. The van der Waals surface area contributed by atoms with E-state index in [0.29, 0.717) is 22.2 Å². The van der Waals surface area contributed by atoms with Crippen molar-refractivity contribution < 1.29 is 0 Å². The van der Waals surface area contributed by atoms with Gasteiger partial charge in [-0.15, -0.1) is 10.2 Å². The lowest BCUT2D eigenvalue weighted by molar-refractivity contribution is 0.535. The zero-order chi connectivity index (χ0) is 15.9. The van der Waals surface area contributed by atoms with Crippen molar-refractivity contribution in [3.05, 3.63) is 44.3 Å². The third kappa shape index (κ3) is 2.55. The van der Waals surface area contributed by atoms with E-state index in [1.165, 1.54) is 6.20 Å². The summed E-state index contributed by atoms with van der Waals surface area (Å²) in [5, 5.41) is 8.65. The lowest BCUT2D eigenvalue weighted by Gasteiger charge is -2.08. The molecule has 0 unspecified atom stereocenters. The van der Waals surface area contributed by atoms with Crippen molar-refractivity contribution in [2.45, 2.75) is 20.4 Å². The van der Waals surface area contributed by atoms with Crippen LogP contribution in [0.2, 0.25) is 5.02 Å². The van der Waals surface area contributed by atoms with Crippen LogP contribution in [0.25, 0.3) is 22.3 Å². The van der Waals surface area contributed by atoms with E-state index >= 15 is 0 Å². The molecule has 0 bridgehead atoms.